The lowest BCUT2D eigenvalue weighted by Crippen LogP contribution is -2.27. The van der Waals surface area contributed by atoms with Crippen molar-refractivity contribution in [2.75, 3.05) is 36.0 Å². The third-order valence-corrected chi connectivity index (χ3v) is 6.54. The van der Waals surface area contributed by atoms with Crippen LogP contribution in [0, 0.1) is 23.7 Å². The van der Waals surface area contributed by atoms with E-state index in [4.69, 9.17) is 4.98 Å². The molecule has 4 fully saturated rings. The van der Waals surface area contributed by atoms with Crippen molar-refractivity contribution in [3.63, 3.8) is 0 Å². The predicted octanol–water partition coefficient (Wildman–Crippen LogP) is 1.53. The number of nitrogens with zero attached hydrogens (tertiary/aromatic N) is 4. The van der Waals surface area contributed by atoms with Crippen LogP contribution in [0.15, 0.2) is 12.3 Å². The van der Waals surface area contributed by atoms with E-state index in [0.29, 0.717) is 6.54 Å². The Morgan fingerprint density at radius 2 is 1.77 bits per heavy atom. The number of aliphatic hydroxyl groups is 1. The van der Waals surface area contributed by atoms with Gasteiger partial charge in [-0.25, -0.2) is 4.98 Å². The van der Waals surface area contributed by atoms with Crippen molar-refractivity contribution in [1.82, 2.24) is 9.97 Å². The lowest BCUT2D eigenvalue weighted by molar-refractivity contribution is 0.198. The maximum atomic E-state index is 9.72. The molecule has 0 spiro atoms. The Hall–Kier alpha value is -1.36. The highest BCUT2D eigenvalue weighted by Crippen LogP contribution is 2.55. The maximum Gasteiger partial charge on any atom is 0.227 e. The zero-order chi connectivity index (χ0) is 14.7. The third-order valence-electron chi connectivity index (χ3n) is 6.54. The Balaban J connectivity index is 1.36. The van der Waals surface area contributed by atoms with Gasteiger partial charge in [0.1, 0.15) is 5.82 Å². The quantitative estimate of drug-likeness (QED) is 0.898. The van der Waals surface area contributed by atoms with Crippen LogP contribution in [0.4, 0.5) is 11.8 Å². The Morgan fingerprint density at radius 1 is 1.00 bits per heavy atom. The SMILES string of the molecule is OC1CCN(c2ccnc(N3C[C@@H]4[C@@H]5CC[C@@H](C5)[C@@H]4C3)n2)C1. The molecule has 2 saturated heterocycles. The molecule has 0 radical (unpaired) electrons. The molecular weight excluding hydrogens is 276 g/mol. The van der Waals surface area contributed by atoms with E-state index in [0.717, 1.165) is 61.5 Å². The smallest absolute Gasteiger partial charge is 0.227 e. The Labute approximate surface area is 131 Å². The molecule has 3 heterocycles. The molecule has 2 saturated carbocycles. The normalized spacial score (nSPS) is 39.8. The second-order valence-corrected chi connectivity index (χ2v) is 7.67. The molecule has 0 aromatic carbocycles. The van der Waals surface area contributed by atoms with E-state index in [-0.39, 0.29) is 6.10 Å². The van der Waals surface area contributed by atoms with Crippen molar-refractivity contribution >= 4 is 11.8 Å². The van der Waals surface area contributed by atoms with Crippen LogP contribution in [0.5, 0.6) is 0 Å². The van der Waals surface area contributed by atoms with Gasteiger partial charge in [0.05, 0.1) is 6.10 Å². The van der Waals surface area contributed by atoms with E-state index in [1.807, 2.05) is 12.3 Å². The molecule has 1 N–H and O–H groups in total. The Morgan fingerprint density at radius 3 is 2.45 bits per heavy atom. The summed E-state index contributed by atoms with van der Waals surface area (Å²) in [5.41, 5.74) is 0. The van der Waals surface area contributed by atoms with Crippen LogP contribution >= 0.6 is 0 Å². The van der Waals surface area contributed by atoms with Crippen LogP contribution in [-0.4, -0.2) is 47.4 Å². The van der Waals surface area contributed by atoms with Crippen LogP contribution in [-0.2, 0) is 0 Å². The van der Waals surface area contributed by atoms with Crippen LogP contribution in [0.2, 0.25) is 0 Å². The molecule has 4 aliphatic rings. The summed E-state index contributed by atoms with van der Waals surface area (Å²) in [5, 5.41) is 9.72. The molecule has 1 aromatic heterocycles. The zero-order valence-corrected chi connectivity index (χ0v) is 12.9. The summed E-state index contributed by atoms with van der Waals surface area (Å²) in [4.78, 5) is 13.9. The summed E-state index contributed by atoms with van der Waals surface area (Å²) < 4.78 is 0. The topological polar surface area (TPSA) is 52.5 Å². The van der Waals surface area contributed by atoms with Crippen molar-refractivity contribution in [3.05, 3.63) is 12.3 Å². The van der Waals surface area contributed by atoms with Gasteiger partial charge in [0.15, 0.2) is 0 Å². The highest BCUT2D eigenvalue weighted by atomic mass is 16.3. The molecule has 5 nitrogen and oxygen atoms in total. The number of β-amino-alcohol motifs (C(OH)–C–C–N with tert-alkyl or cyclic N) is 1. The van der Waals surface area contributed by atoms with Crippen LogP contribution < -0.4 is 9.80 Å². The molecule has 118 valence electrons. The number of hydrogen-bond donors (Lipinski definition) is 1. The third kappa shape index (κ3) is 1.94. The molecule has 1 unspecified atom stereocenters. The van der Waals surface area contributed by atoms with Gasteiger partial charge in [-0.15, -0.1) is 0 Å². The van der Waals surface area contributed by atoms with Crippen molar-refractivity contribution in [2.24, 2.45) is 23.7 Å². The minimum atomic E-state index is -0.208. The molecule has 2 aliphatic carbocycles. The molecular formula is C17H24N4O. The second kappa shape index (κ2) is 4.82. The minimum Gasteiger partial charge on any atom is -0.391 e. The first-order chi connectivity index (χ1) is 10.8. The van der Waals surface area contributed by atoms with Crippen molar-refractivity contribution in [1.29, 1.82) is 0 Å². The summed E-state index contributed by atoms with van der Waals surface area (Å²) >= 11 is 0. The van der Waals surface area contributed by atoms with Gasteiger partial charge in [-0.05, 0) is 55.4 Å². The van der Waals surface area contributed by atoms with Crippen molar-refractivity contribution in [3.8, 4) is 0 Å². The number of anilines is 2. The minimum absolute atomic E-state index is 0.208. The average Bonchev–Trinajstić information content (AvgIpc) is 3.29. The molecule has 5 atom stereocenters. The van der Waals surface area contributed by atoms with Crippen molar-refractivity contribution in [2.45, 2.75) is 31.8 Å². The predicted molar refractivity (Wildman–Crippen MR) is 84.9 cm³/mol. The molecule has 22 heavy (non-hydrogen) atoms. The Bertz CT molecular complexity index is 562. The first-order valence-corrected chi connectivity index (χ1v) is 8.79. The van der Waals surface area contributed by atoms with Crippen LogP contribution in [0.25, 0.3) is 0 Å². The fourth-order valence-electron chi connectivity index (χ4n) is 5.46. The van der Waals surface area contributed by atoms with Gasteiger partial charge in [-0.2, -0.15) is 4.98 Å². The van der Waals surface area contributed by atoms with Gasteiger partial charge in [0, 0.05) is 32.4 Å². The summed E-state index contributed by atoms with van der Waals surface area (Å²) in [6.45, 7) is 3.90. The number of rotatable bonds is 2. The monoisotopic (exact) mass is 300 g/mol. The van der Waals surface area contributed by atoms with Gasteiger partial charge >= 0.3 is 0 Å². The highest BCUT2D eigenvalue weighted by Gasteiger charge is 2.51. The summed E-state index contributed by atoms with van der Waals surface area (Å²) in [7, 11) is 0. The standard InChI is InChI=1S/C17H24N4O/c22-13-4-6-20(8-13)16-3-5-18-17(19-16)21-9-14-11-1-2-12(7-11)15(14)10-21/h3,5,11-15,22H,1-2,4,6-10H2/t11-,12+,13?,14-,15+. The Kier molecular flexibility index (Phi) is 2.87. The average molecular weight is 300 g/mol. The highest BCUT2D eigenvalue weighted by molar-refractivity contribution is 5.45. The van der Waals surface area contributed by atoms with E-state index < -0.39 is 0 Å². The molecule has 2 bridgehead atoms. The maximum absolute atomic E-state index is 9.72. The fourth-order valence-corrected chi connectivity index (χ4v) is 5.46. The van der Waals surface area contributed by atoms with Crippen LogP contribution in [0.3, 0.4) is 0 Å². The lowest BCUT2D eigenvalue weighted by atomic mass is 9.82. The van der Waals surface area contributed by atoms with E-state index in [1.54, 1.807) is 0 Å². The number of aliphatic hydroxyl groups excluding tert-OH is 1. The first kappa shape index (κ1) is 13.1. The van der Waals surface area contributed by atoms with Crippen LogP contribution in [0.1, 0.15) is 25.7 Å². The number of fused-ring (bicyclic) bond motifs is 5. The molecule has 1 aromatic rings. The number of aromatic nitrogens is 2. The number of hydrogen-bond acceptors (Lipinski definition) is 5. The summed E-state index contributed by atoms with van der Waals surface area (Å²) in [5.74, 6) is 5.59. The molecule has 0 amide bonds. The fraction of sp³-hybridized carbons (Fsp3) is 0.765. The van der Waals surface area contributed by atoms with Gasteiger partial charge in [0.2, 0.25) is 5.95 Å². The first-order valence-electron chi connectivity index (χ1n) is 8.79. The second-order valence-electron chi connectivity index (χ2n) is 7.67. The van der Waals surface area contributed by atoms with Gasteiger partial charge in [-0.3, -0.25) is 0 Å². The summed E-state index contributed by atoms with van der Waals surface area (Å²) in [6, 6.07) is 1.97. The zero-order valence-electron chi connectivity index (χ0n) is 12.9. The largest absolute Gasteiger partial charge is 0.391 e. The van der Waals surface area contributed by atoms with E-state index in [1.165, 1.54) is 19.3 Å². The van der Waals surface area contributed by atoms with Gasteiger partial charge in [-0.1, -0.05) is 0 Å². The summed E-state index contributed by atoms with van der Waals surface area (Å²) in [6.07, 6.45) is 6.90. The molecule has 2 aliphatic heterocycles. The molecule has 5 heteroatoms. The van der Waals surface area contributed by atoms with E-state index in [2.05, 4.69) is 14.8 Å². The van der Waals surface area contributed by atoms with E-state index >= 15 is 0 Å². The van der Waals surface area contributed by atoms with Crippen molar-refractivity contribution < 1.29 is 5.11 Å². The van der Waals surface area contributed by atoms with Gasteiger partial charge < -0.3 is 14.9 Å². The lowest BCUT2D eigenvalue weighted by Gasteiger charge is -2.22. The van der Waals surface area contributed by atoms with Gasteiger partial charge in [0.25, 0.3) is 0 Å². The van der Waals surface area contributed by atoms with E-state index in [9.17, 15) is 5.11 Å². The molecule has 5 rings (SSSR count).